The van der Waals surface area contributed by atoms with Gasteiger partial charge in [-0.25, -0.2) is 0 Å². The molecule has 0 aromatic carbocycles. The zero-order chi connectivity index (χ0) is 5.86. The second kappa shape index (κ2) is 5.05. The van der Waals surface area contributed by atoms with Crippen molar-refractivity contribution in [1.82, 2.24) is 0 Å². The molecule has 1 radical (unpaired) electrons. The average molecular weight is 169 g/mol. The number of carboxylic acid groups (broad SMARTS) is 1. The molecule has 0 spiro atoms. The van der Waals surface area contributed by atoms with Gasteiger partial charge in [-0.3, -0.25) is 4.79 Å². The normalized spacial score (nSPS) is 11.8. The van der Waals surface area contributed by atoms with Crippen molar-refractivity contribution in [1.29, 1.82) is 0 Å². The number of aliphatic hydroxyl groups excluding tert-OH is 1. The quantitative estimate of drug-likeness (QED) is 0.433. The van der Waals surface area contributed by atoms with E-state index >= 15 is 0 Å². The summed E-state index contributed by atoms with van der Waals surface area (Å²) in [4.78, 5) is 9.65. The largest absolute Gasteiger partial charge is 0.480 e. The Bertz CT molecular complexity index is 76.9. The molecule has 0 aromatic heterocycles. The Morgan fingerprint density at radius 3 is 2.12 bits per heavy atom. The molecule has 0 bridgehead atoms. The van der Waals surface area contributed by atoms with Crippen molar-refractivity contribution >= 4 is 5.97 Å². The molecule has 0 rings (SSSR count). The van der Waals surface area contributed by atoms with E-state index in [1.165, 1.54) is 0 Å². The molecule has 0 heterocycles. The fourth-order valence-corrected chi connectivity index (χ4v) is 0.0781. The molecule has 0 aliphatic carbocycles. The van der Waals surface area contributed by atoms with Crippen molar-refractivity contribution in [3.63, 3.8) is 0 Å². The van der Waals surface area contributed by atoms with Gasteiger partial charge in [-0.15, -0.1) is 0 Å². The van der Waals surface area contributed by atoms with Gasteiger partial charge in [-0.05, 0) is 0 Å². The van der Waals surface area contributed by atoms with Crippen LogP contribution in [-0.2, 0) is 21.9 Å². The molecule has 1 atom stereocenters. The van der Waals surface area contributed by atoms with Crippen LogP contribution in [0, 0.1) is 0 Å². The van der Waals surface area contributed by atoms with Crippen LogP contribution in [0.5, 0.6) is 0 Å². The second-order valence-electron chi connectivity index (χ2n) is 1.13. The van der Waals surface area contributed by atoms with Gasteiger partial charge in [0.15, 0.2) is 0 Å². The number of hydrogen-bond acceptors (Lipinski definition) is 3. The van der Waals surface area contributed by atoms with Crippen molar-refractivity contribution in [2.24, 2.45) is 5.73 Å². The Balaban J connectivity index is 0. The van der Waals surface area contributed by atoms with Gasteiger partial charge < -0.3 is 15.9 Å². The van der Waals surface area contributed by atoms with Gasteiger partial charge in [0.2, 0.25) is 0 Å². The Hall–Kier alpha value is -0.0905. The fourth-order valence-electron chi connectivity index (χ4n) is 0.0781. The summed E-state index contributed by atoms with van der Waals surface area (Å²) in [5.41, 5.74) is 4.77. The molecule has 0 aliphatic rings. The topological polar surface area (TPSA) is 83.5 Å². The number of aliphatic carboxylic acids is 1. The number of aliphatic hydroxyl groups is 1. The minimum absolute atomic E-state index is 0. The predicted molar refractivity (Wildman–Crippen MR) is 22.7 cm³/mol. The SMILES string of the molecule is NC(CO)C(=O)O.[Cu]. The summed E-state index contributed by atoms with van der Waals surface area (Å²) >= 11 is 0. The Kier molecular flexibility index (Phi) is 6.83. The molecule has 0 saturated heterocycles. The first-order chi connectivity index (χ1) is 3.18. The zero-order valence-electron chi connectivity index (χ0n) is 3.97. The first-order valence-electron chi connectivity index (χ1n) is 1.77. The third-order valence-electron chi connectivity index (χ3n) is 0.514. The van der Waals surface area contributed by atoms with Crippen molar-refractivity contribution in [3.05, 3.63) is 0 Å². The number of carboxylic acids is 1. The Morgan fingerprint density at radius 1 is 1.75 bits per heavy atom. The van der Waals surface area contributed by atoms with Crippen LogP contribution < -0.4 is 5.73 Å². The maximum absolute atomic E-state index is 9.65. The van der Waals surface area contributed by atoms with E-state index in [1.54, 1.807) is 0 Å². The molecule has 0 amide bonds. The maximum atomic E-state index is 9.65. The van der Waals surface area contributed by atoms with Crippen molar-refractivity contribution in [2.45, 2.75) is 6.04 Å². The van der Waals surface area contributed by atoms with Crippen LogP contribution in [0.4, 0.5) is 0 Å². The molecular formula is C3H7CuNO3. The Morgan fingerprint density at radius 2 is 2.12 bits per heavy atom. The molecule has 0 aliphatic heterocycles. The standard InChI is InChI=1S/C3H7NO3.Cu/c4-2(1-5)3(6)7;/h2,5H,1,4H2,(H,6,7);. The predicted octanol–water partition coefficient (Wildman–Crippen LogP) is -1.61. The van der Waals surface area contributed by atoms with Gasteiger partial charge in [0.05, 0.1) is 6.61 Å². The van der Waals surface area contributed by atoms with Crippen LogP contribution >= 0.6 is 0 Å². The van der Waals surface area contributed by atoms with E-state index in [0.717, 1.165) is 0 Å². The van der Waals surface area contributed by atoms with E-state index < -0.39 is 18.6 Å². The fraction of sp³-hybridized carbons (Fsp3) is 0.667. The zero-order valence-corrected chi connectivity index (χ0v) is 4.91. The second-order valence-corrected chi connectivity index (χ2v) is 1.13. The van der Waals surface area contributed by atoms with Gasteiger partial charge in [-0.1, -0.05) is 0 Å². The molecule has 8 heavy (non-hydrogen) atoms. The van der Waals surface area contributed by atoms with E-state index in [4.69, 9.17) is 15.9 Å². The average Bonchev–Trinajstić information content (AvgIpc) is 1.65. The summed E-state index contributed by atoms with van der Waals surface area (Å²) in [6.45, 7) is -0.505. The molecular weight excluding hydrogens is 162 g/mol. The summed E-state index contributed by atoms with van der Waals surface area (Å²) in [5, 5.41) is 15.9. The first kappa shape index (κ1) is 10.8. The van der Waals surface area contributed by atoms with Crippen LogP contribution in [0.25, 0.3) is 0 Å². The number of hydrogen-bond donors (Lipinski definition) is 3. The van der Waals surface area contributed by atoms with Crippen LogP contribution in [0.2, 0.25) is 0 Å². The molecule has 0 saturated carbocycles. The van der Waals surface area contributed by atoms with E-state index in [-0.39, 0.29) is 17.1 Å². The van der Waals surface area contributed by atoms with E-state index in [9.17, 15) is 4.79 Å². The van der Waals surface area contributed by atoms with Crippen molar-refractivity contribution < 1.29 is 32.1 Å². The molecule has 0 fully saturated rings. The van der Waals surface area contributed by atoms with Crippen molar-refractivity contribution in [3.8, 4) is 0 Å². The van der Waals surface area contributed by atoms with Gasteiger partial charge in [0.25, 0.3) is 0 Å². The van der Waals surface area contributed by atoms with Gasteiger partial charge in [0, 0.05) is 17.1 Å². The summed E-state index contributed by atoms with van der Waals surface area (Å²) < 4.78 is 0. The molecule has 5 heteroatoms. The molecule has 4 N–H and O–H groups in total. The van der Waals surface area contributed by atoms with Crippen molar-refractivity contribution in [2.75, 3.05) is 6.61 Å². The minimum Gasteiger partial charge on any atom is -0.480 e. The first-order valence-corrected chi connectivity index (χ1v) is 1.77. The summed E-state index contributed by atoms with van der Waals surface area (Å²) in [6.07, 6.45) is 0. The molecule has 4 nitrogen and oxygen atoms in total. The molecule has 53 valence electrons. The van der Waals surface area contributed by atoms with Crippen LogP contribution in [0.15, 0.2) is 0 Å². The van der Waals surface area contributed by atoms with Gasteiger partial charge in [0.1, 0.15) is 6.04 Å². The van der Waals surface area contributed by atoms with E-state index in [1.807, 2.05) is 0 Å². The molecule has 0 aromatic rings. The van der Waals surface area contributed by atoms with Crippen LogP contribution in [-0.4, -0.2) is 28.8 Å². The van der Waals surface area contributed by atoms with E-state index in [0.29, 0.717) is 0 Å². The van der Waals surface area contributed by atoms with Crippen LogP contribution in [0.1, 0.15) is 0 Å². The number of carbonyl (C=O) groups is 1. The summed E-state index contributed by atoms with van der Waals surface area (Å²) in [6, 6.07) is -1.13. The number of nitrogens with two attached hydrogens (primary N) is 1. The third kappa shape index (κ3) is 4.08. The Labute approximate surface area is 57.2 Å². The van der Waals surface area contributed by atoms with E-state index in [2.05, 4.69) is 0 Å². The maximum Gasteiger partial charge on any atom is 0.322 e. The van der Waals surface area contributed by atoms with Gasteiger partial charge >= 0.3 is 5.97 Å². The van der Waals surface area contributed by atoms with Crippen LogP contribution in [0.3, 0.4) is 0 Å². The smallest absolute Gasteiger partial charge is 0.322 e. The molecule has 1 unspecified atom stereocenters. The third-order valence-corrected chi connectivity index (χ3v) is 0.514. The number of rotatable bonds is 2. The summed E-state index contributed by atoms with van der Waals surface area (Å²) in [7, 11) is 0. The monoisotopic (exact) mass is 168 g/mol. The summed E-state index contributed by atoms with van der Waals surface area (Å²) in [5.74, 6) is -1.18. The minimum atomic E-state index is -1.18. The van der Waals surface area contributed by atoms with Gasteiger partial charge in [-0.2, -0.15) is 0 Å².